The quantitative estimate of drug-likeness (QED) is 0.795. The summed E-state index contributed by atoms with van der Waals surface area (Å²) in [5, 5.41) is 2.63. The predicted molar refractivity (Wildman–Crippen MR) is 66.0 cm³/mol. The topological polar surface area (TPSA) is 59.6 Å². The Morgan fingerprint density at radius 1 is 1.29 bits per heavy atom. The smallest absolute Gasteiger partial charge is 0.343 e. The van der Waals surface area contributed by atoms with Crippen LogP contribution in [0.1, 0.15) is 20.8 Å². The molecule has 0 saturated carbocycles. The lowest BCUT2D eigenvalue weighted by molar-refractivity contribution is -0.0505. The highest BCUT2D eigenvalue weighted by atomic mass is 16.7. The minimum atomic E-state index is -0.425. The average molecular weight is 238 g/mol. The Hall–Kier alpha value is -1.75. The molecule has 0 aliphatic carbocycles. The molecule has 0 spiro atoms. The van der Waals surface area contributed by atoms with Crippen molar-refractivity contribution in [2.24, 2.45) is 0 Å². The van der Waals surface area contributed by atoms with Crippen molar-refractivity contribution in [3.63, 3.8) is 0 Å². The molecule has 0 aliphatic rings. The number of anilines is 1. The first-order chi connectivity index (χ1) is 7.90. The minimum Gasteiger partial charge on any atom is -0.497 e. The van der Waals surface area contributed by atoms with Gasteiger partial charge in [0, 0.05) is 11.8 Å². The summed E-state index contributed by atoms with van der Waals surface area (Å²) in [6.07, 6.45) is 0. The van der Waals surface area contributed by atoms with Gasteiger partial charge in [0.1, 0.15) is 5.75 Å². The summed E-state index contributed by atoms with van der Waals surface area (Å²) in [5.74, 6) is 0.680. The fourth-order valence-corrected chi connectivity index (χ4v) is 1.06. The number of hydrogen-bond acceptors (Lipinski definition) is 3. The van der Waals surface area contributed by atoms with Gasteiger partial charge >= 0.3 is 6.03 Å². The van der Waals surface area contributed by atoms with Crippen molar-refractivity contribution in [1.29, 1.82) is 0 Å². The van der Waals surface area contributed by atoms with E-state index in [2.05, 4.69) is 10.8 Å². The molecular formula is C12H18N2O3. The van der Waals surface area contributed by atoms with E-state index in [9.17, 15) is 4.79 Å². The molecule has 5 nitrogen and oxygen atoms in total. The maximum Gasteiger partial charge on any atom is 0.343 e. The summed E-state index contributed by atoms with van der Waals surface area (Å²) in [5.41, 5.74) is 2.53. The second-order valence-corrected chi connectivity index (χ2v) is 4.50. The van der Waals surface area contributed by atoms with Gasteiger partial charge in [-0.2, -0.15) is 0 Å². The van der Waals surface area contributed by atoms with Gasteiger partial charge < -0.3 is 10.1 Å². The van der Waals surface area contributed by atoms with Gasteiger partial charge in [0.15, 0.2) is 0 Å². The van der Waals surface area contributed by atoms with E-state index in [-0.39, 0.29) is 0 Å². The Bertz CT molecular complexity index is 386. The van der Waals surface area contributed by atoms with Gasteiger partial charge in [-0.3, -0.25) is 4.84 Å². The molecule has 1 aromatic carbocycles. The first kappa shape index (κ1) is 13.3. The summed E-state index contributed by atoms with van der Waals surface area (Å²) in [4.78, 5) is 16.6. The molecule has 5 heteroatoms. The average Bonchev–Trinajstić information content (AvgIpc) is 2.26. The Morgan fingerprint density at radius 2 is 2.00 bits per heavy atom. The zero-order valence-corrected chi connectivity index (χ0v) is 10.5. The van der Waals surface area contributed by atoms with Crippen LogP contribution in [0.2, 0.25) is 0 Å². The standard InChI is InChI=1S/C12H18N2O3/c1-12(2,3)17-14-11(15)13-9-6-5-7-10(8-9)16-4/h5-8H,1-4H3,(H2,13,14,15). The molecular weight excluding hydrogens is 220 g/mol. The molecule has 0 aromatic heterocycles. The molecule has 0 radical (unpaired) electrons. The van der Waals surface area contributed by atoms with E-state index < -0.39 is 11.6 Å². The van der Waals surface area contributed by atoms with E-state index in [4.69, 9.17) is 9.57 Å². The number of carbonyl (C=O) groups is 1. The van der Waals surface area contributed by atoms with Crippen LogP contribution in [0, 0.1) is 0 Å². The van der Waals surface area contributed by atoms with Crippen LogP contribution in [0.3, 0.4) is 0 Å². The van der Waals surface area contributed by atoms with Crippen LogP contribution >= 0.6 is 0 Å². The van der Waals surface area contributed by atoms with Crippen molar-refractivity contribution in [2.75, 3.05) is 12.4 Å². The Kier molecular flexibility index (Phi) is 4.34. The molecule has 0 fully saturated rings. The molecule has 0 saturated heterocycles. The molecule has 0 aliphatic heterocycles. The van der Waals surface area contributed by atoms with Gasteiger partial charge in [0.25, 0.3) is 0 Å². The third-order valence-corrected chi connectivity index (χ3v) is 1.78. The number of carbonyl (C=O) groups excluding carboxylic acids is 1. The normalized spacial score (nSPS) is 10.8. The minimum absolute atomic E-state index is 0.423. The maximum absolute atomic E-state index is 11.5. The van der Waals surface area contributed by atoms with Gasteiger partial charge in [0.05, 0.1) is 12.7 Å². The number of hydrogen-bond donors (Lipinski definition) is 2. The van der Waals surface area contributed by atoms with Crippen molar-refractivity contribution in [3.8, 4) is 5.75 Å². The molecule has 1 aromatic rings. The number of rotatable bonds is 3. The third-order valence-electron chi connectivity index (χ3n) is 1.78. The summed E-state index contributed by atoms with van der Waals surface area (Å²) < 4.78 is 5.05. The highest BCUT2D eigenvalue weighted by molar-refractivity contribution is 5.88. The van der Waals surface area contributed by atoms with Crippen molar-refractivity contribution >= 4 is 11.7 Å². The van der Waals surface area contributed by atoms with Crippen LogP contribution in [-0.4, -0.2) is 18.7 Å². The zero-order valence-electron chi connectivity index (χ0n) is 10.5. The van der Waals surface area contributed by atoms with E-state index >= 15 is 0 Å². The Balaban J connectivity index is 2.50. The van der Waals surface area contributed by atoms with Crippen molar-refractivity contribution in [1.82, 2.24) is 5.48 Å². The predicted octanol–water partition coefficient (Wildman–Crippen LogP) is 2.55. The second kappa shape index (κ2) is 5.54. The first-order valence-corrected chi connectivity index (χ1v) is 5.30. The van der Waals surface area contributed by atoms with Crippen LogP contribution < -0.4 is 15.5 Å². The molecule has 0 heterocycles. The summed E-state index contributed by atoms with van der Waals surface area (Å²) in [6, 6.07) is 6.65. The SMILES string of the molecule is COc1cccc(NC(=O)NOC(C)(C)C)c1. The maximum atomic E-state index is 11.5. The van der Waals surface area contributed by atoms with E-state index in [0.717, 1.165) is 0 Å². The van der Waals surface area contributed by atoms with Crippen molar-refractivity contribution in [2.45, 2.75) is 26.4 Å². The Labute approximate surface area is 101 Å². The number of urea groups is 1. The molecule has 0 unspecified atom stereocenters. The van der Waals surface area contributed by atoms with Crippen LogP contribution in [0.4, 0.5) is 10.5 Å². The second-order valence-electron chi connectivity index (χ2n) is 4.50. The summed E-state index contributed by atoms with van der Waals surface area (Å²) in [7, 11) is 1.57. The van der Waals surface area contributed by atoms with Gasteiger partial charge in [-0.05, 0) is 32.9 Å². The Morgan fingerprint density at radius 3 is 2.59 bits per heavy atom. The zero-order chi connectivity index (χ0) is 12.9. The van der Waals surface area contributed by atoms with Gasteiger partial charge in [-0.25, -0.2) is 10.3 Å². The fourth-order valence-electron chi connectivity index (χ4n) is 1.06. The van der Waals surface area contributed by atoms with Crippen molar-refractivity contribution < 1.29 is 14.4 Å². The molecule has 1 rings (SSSR count). The van der Waals surface area contributed by atoms with Gasteiger partial charge in [-0.1, -0.05) is 6.07 Å². The summed E-state index contributed by atoms with van der Waals surface area (Å²) >= 11 is 0. The van der Waals surface area contributed by atoms with Crippen LogP contribution in [0.25, 0.3) is 0 Å². The van der Waals surface area contributed by atoms with E-state index in [1.54, 1.807) is 31.4 Å². The van der Waals surface area contributed by atoms with Gasteiger partial charge in [-0.15, -0.1) is 0 Å². The van der Waals surface area contributed by atoms with Crippen LogP contribution in [0.5, 0.6) is 5.75 Å². The number of benzene rings is 1. The van der Waals surface area contributed by atoms with Crippen LogP contribution in [-0.2, 0) is 4.84 Å². The van der Waals surface area contributed by atoms with E-state index in [1.165, 1.54) is 0 Å². The third kappa shape index (κ3) is 5.21. The molecule has 2 N–H and O–H groups in total. The van der Waals surface area contributed by atoms with Crippen molar-refractivity contribution in [3.05, 3.63) is 24.3 Å². The number of methoxy groups -OCH3 is 1. The number of hydroxylamine groups is 1. The highest BCUT2D eigenvalue weighted by Gasteiger charge is 2.12. The molecule has 0 atom stereocenters. The lowest BCUT2D eigenvalue weighted by atomic mass is 10.2. The molecule has 0 bridgehead atoms. The number of nitrogens with one attached hydrogen (secondary N) is 2. The molecule has 2 amide bonds. The molecule has 94 valence electrons. The lowest BCUT2D eigenvalue weighted by Gasteiger charge is -2.19. The number of amides is 2. The van der Waals surface area contributed by atoms with Crippen LogP contribution in [0.15, 0.2) is 24.3 Å². The monoisotopic (exact) mass is 238 g/mol. The molecule has 17 heavy (non-hydrogen) atoms. The number of ether oxygens (including phenoxy) is 1. The summed E-state index contributed by atoms with van der Waals surface area (Å²) in [6.45, 7) is 5.54. The lowest BCUT2D eigenvalue weighted by Crippen LogP contribution is -2.36. The fraction of sp³-hybridized carbons (Fsp3) is 0.417. The van der Waals surface area contributed by atoms with E-state index in [1.807, 2.05) is 20.8 Å². The first-order valence-electron chi connectivity index (χ1n) is 5.30. The largest absolute Gasteiger partial charge is 0.497 e. The highest BCUT2D eigenvalue weighted by Crippen LogP contribution is 2.16. The van der Waals surface area contributed by atoms with E-state index in [0.29, 0.717) is 11.4 Å². The van der Waals surface area contributed by atoms with Gasteiger partial charge in [0.2, 0.25) is 0 Å².